The molecule has 0 aliphatic rings. The molecule has 1 amide bonds. The van der Waals surface area contributed by atoms with E-state index >= 15 is 0 Å². The number of thiazole rings is 1. The second kappa shape index (κ2) is 6.31. The molecule has 1 heterocycles. The summed E-state index contributed by atoms with van der Waals surface area (Å²) in [5, 5.41) is 0.719. The first-order valence-electron chi connectivity index (χ1n) is 7.08. The number of nitrogens with two attached hydrogens (primary N) is 1. The highest BCUT2D eigenvalue weighted by molar-refractivity contribution is 7.89. The molecule has 0 spiro atoms. The van der Waals surface area contributed by atoms with Crippen LogP contribution in [0.2, 0.25) is 0 Å². The van der Waals surface area contributed by atoms with Gasteiger partial charge in [-0.3, -0.25) is 4.79 Å². The van der Waals surface area contributed by atoms with Crippen LogP contribution < -0.4 is 5.73 Å². The Balaban J connectivity index is 1.84. The molecule has 0 radical (unpaired) electrons. The predicted octanol–water partition coefficient (Wildman–Crippen LogP) is 2.22. The van der Waals surface area contributed by atoms with Gasteiger partial charge in [0.25, 0.3) is 0 Å². The van der Waals surface area contributed by atoms with Crippen LogP contribution in [-0.4, -0.2) is 30.7 Å². The van der Waals surface area contributed by atoms with E-state index in [-0.39, 0.29) is 17.0 Å². The van der Waals surface area contributed by atoms with E-state index < -0.39 is 15.9 Å². The minimum atomic E-state index is -3.67. The summed E-state index contributed by atoms with van der Waals surface area (Å²) < 4.78 is 27.5. The number of amides is 1. The van der Waals surface area contributed by atoms with Gasteiger partial charge in [-0.15, -0.1) is 11.3 Å². The molecule has 0 unspecified atom stereocenters. The molecule has 0 saturated carbocycles. The highest BCUT2D eigenvalue weighted by atomic mass is 32.2. The van der Waals surface area contributed by atoms with Gasteiger partial charge in [0.15, 0.2) is 0 Å². The van der Waals surface area contributed by atoms with Crippen molar-refractivity contribution in [2.24, 2.45) is 5.73 Å². The Morgan fingerprint density at radius 3 is 2.46 bits per heavy atom. The smallest absolute Gasteiger partial charge is 0.248 e. The highest BCUT2D eigenvalue weighted by Gasteiger charge is 2.22. The number of hydrogen-bond donors (Lipinski definition) is 1. The molecule has 1 aromatic heterocycles. The third-order valence-corrected chi connectivity index (χ3v) is 6.38. The second-order valence-electron chi connectivity index (χ2n) is 5.23. The van der Waals surface area contributed by atoms with Gasteiger partial charge in [0, 0.05) is 12.6 Å². The minimum absolute atomic E-state index is 0.108. The lowest BCUT2D eigenvalue weighted by Gasteiger charge is -2.15. The van der Waals surface area contributed by atoms with Crippen molar-refractivity contribution in [3.8, 4) is 0 Å². The molecule has 3 aromatic rings. The molecule has 8 heteroatoms. The Morgan fingerprint density at radius 1 is 1.17 bits per heavy atom. The monoisotopic (exact) mass is 361 g/mol. The first-order chi connectivity index (χ1) is 11.4. The standard InChI is InChI=1S/C16H15N3O3S2/c1-19(10-15-18-13-4-2-3-5-14(13)23-15)24(21,22)12-8-6-11(7-9-12)16(17)20/h2-9H,10H2,1H3,(H2,17,20). The summed E-state index contributed by atoms with van der Waals surface area (Å²) in [6.45, 7) is 0.180. The van der Waals surface area contributed by atoms with Crippen LogP contribution in [0.25, 0.3) is 10.2 Å². The normalized spacial score (nSPS) is 11.9. The Labute approximate surface area is 143 Å². The molecule has 0 fully saturated rings. The number of fused-ring (bicyclic) bond motifs is 1. The average Bonchev–Trinajstić information content (AvgIpc) is 2.97. The molecule has 24 heavy (non-hydrogen) atoms. The van der Waals surface area contributed by atoms with Gasteiger partial charge in [-0.25, -0.2) is 13.4 Å². The zero-order chi connectivity index (χ0) is 17.3. The van der Waals surface area contributed by atoms with Crippen LogP contribution in [-0.2, 0) is 16.6 Å². The topological polar surface area (TPSA) is 93.4 Å². The van der Waals surface area contributed by atoms with E-state index in [1.165, 1.54) is 47.0 Å². The summed E-state index contributed by atoms with van der Waals surface area (Å²) >= 11 is 1.46. The van der Waals surface area contributed by atoms with E-state index in [9.17, 15) is 13.2 Å². The molecule has 124 valence electrons. The van der Waals surface area contributed by atoms with Crippen molar-refractivity contribution in [2.45, 2.75) is 11.4 Å². The molecule has 0 aliphatic carbocycles. The molecule has 6 nitrogen and oxygen atoms in total. The molecule has 0 aliphatic heterocycles. The van der Waals surface area contributed by atoms with Crippen molar-refractivity contribution in [1.82, 2.24) is 9.29 Å². The number of para-hydroxylation sites is 1. The van der Waals surface area contributed by atoms with Crippen LogP contribution in [0, 0.1) is 0 Å². The molecule has 2 aromatic carbocycles. The average molecular weight is 361 g/mol. The number of aromatic nitrogens is 1. The number of hydrogen-bond acceptors (Lipinski definition) is 5. The largest absolute Gasteiger partial charge is 0.366 e. The van der Waals surface area contributed by atoms with Crippen LogP contribution in [0.15, 0.2) is 53.4 Å². The number of carbonyl (C=O) groups excluding carboxylic acids is 1. The SMILES string of the molecule is CN(Cc1nc2ccccc2s1)S(=O)(=O)c1ccc(C(N)=O)cc1. The summed E-state index contributed by atoms with van der Waals surface area (Å²) in [5.41, 5.74) is 6.29. The third kappa shape index (κ3) is 3.16. The number of carbonyl (C=O) groups is 1. The first kappa shape index (κ1) is 16.6. The van der Waals surface area contributed by atoms with Crippen molar-refractivity contribution >= 4 is 37.5 Å². The van der Waals surface area contributed by atoms with Gasteiger partial charge in [0.1, 0.15) is 5.01 Å². The van der Waals surface area contributed by atoms with Crippen LogP contribution in [0.4, 0.5) is 0 Å². The fraction of sp³-hybridized carbons (Fsp3) is 0.125. The zero-order valence-electron chi connectivity index (χ0n) is 12.8. The molecule has 3 rings (SSSR count). The predicted molar refractivity (Wildman–Crippen MR) is 93.2 cm³/mol. The van der Waals surface area contributed by atoms with Gasteiger partial charge >= 0.3 is 0 Å². The van der Waals surface area contributed by atoms with E-state index in [0.717, 1.165) is 15.2 Å². The number of primary amides is 1. The maximum atomic E-state index is 12.6. The molecular weight excluding hydrogens is 346 g/mol. The van der Waals surface area contributed by atoms with E-state index in [0.29, 0.717) is 0 Å². The lowest BCUT2D eigenvalue weighted by molar-refractivity contribution is 0.1000. The highest BCUT2D eigenvalue weighted by Crippen LogP contribution is 2.24. The summed E-state index contributed by atoms with van der Waals surface area (Å²) in [5.74, 6) is -0.596. The van der Waals surface area contributed by atoms with Crippen LogP contribution in [0.1, 0.15) is 15.4 Å². The van der Waals surface area contributed by atoms with Gasteiger partial charge in [-0.2, -0.15) is 4.31 Å². The van der Waals surface area contributed by atoms with Crippen LogP contribution in [0.3, 0.4) is 0 Å². The maximum Gasteiger partial charge on any atom is 0.248 e. The van der Waals surface area contributed by atoms with E-state index in [1.807, 2.05) is 24.3 Å². The van der Waals surface area contributed by atoms with Gasteiger partial charge in [0.2, 0.25) is 15.9 Å². The molecule has 0 saturated heterocycles. The Kier molecular flexibility index (Phi) is 4.35. The lowest BCUT2D eigenvalue weighted by atomic mass is 10.2. The Bertz CT molecular complexity index is 962. The van der Waals surface area contributed by atoms with Crippen molar-refractivity contribution < 1.29 is 13.2 Å². The van der Waals surface area contributed by atoms with Gasteiger partial charge < -0.3 is 5.73 Å². The lowest BCUT2D eigenvalue weighted by Crippen LogP contribution is -2.26. The molecular formula is C16H15N3O3S2. The third-order valence-electron chi connectivity index (χ3n) is 3.54. The summed E-state index contributed by atoms with van der Waals surface area (Å²) in [6.07, 6.45) is 0. The molecule has 2 N–H and O–H groups in total. The van der Waals surface area contributed by atoms with Gasteiger partial charge in [-0.05, 0) is 36.4 Å². The Morgan fingerprint density at radius 2 is 1.83 bits per heavy atom. The van der Waals surface area contributed by atoms with E-state index in [2.05, 4.69) is 4.98 Å². The number of benzene rings is 2. The fourth-order valence-electron chi connectivity index (χ4n) is 2.23. The van der Waals surface area contributed by atoms with Crippen molar-refractivity contribution in [2.75, 3.05) is 7.05 Å². The summed E-state index contributed by atoms with van der Waals surface area (Å²) in [4.78, 5) is 15.6. The fourth-order valence-corrected chi connectivity index (χ4v) is 4.47. The zero-order valence-corrected chi connectivity index (χ0v) is 14.5. The minimum Gasteiger partial charge on any atom is -0.366 e. The quantitative estimate of drug-likeness (QED) is 0.754. The van der Waals surface area contributed by atoms with Gasteiger partial charge in [0.05, 0.1) is 21.7 Å². The number of nitrogens with zero attached hydrogens (tertiary/aromatic N) is 2. The Hall–Kier alpha value is -2.29. The first-order valence-corrected chi connectivity index (χ1v) is 9.34. The van der Waals surface area contributed by atoms with Crippen LogP contribution >= 0.6 is 11.3 Å². The van der Waals surface area contributed by atoms with E-state index in [1.54, 1.807) is 0 Å². The maximum absolute atomic E-state index is 12.6. The number of sulfonamides is 1. The summed E-state index contributed by atoms with van der Waals surface area (Å²) in [7, 11) is -2.17. The summed E-state index contributed by atoms with van der Waals surface area (Å²) in [6, 6.07) is 13.2. The number of rotatable bonds is 5. The van der Waals surface area contributed by atoms with Crippen molar-refractivity contribution in [1.29, 1.82) is 0 Å². The van der Waals surface area contributed by atoms with E-state index in [4.69, 9.17) is 5.73 Å². The molecule has 0 atom stereocenters. The molecule has 0 bridgehead atoms. The van der Waals surface area contributed by atoms with Crippen molar-refractivity contribution in [3.05, 3.63) is 59.1 Å². The van der Waals surface area contributed by atoms with Crippen LogP contribution in [0.5, 0.6) is 0 Å². The van der Waals surface area contributed by atoms with Crippen molar-refractivity contribution in [3.63, 3.8) is 0 Å². The second-order valence-corrected chi connectivity index (χ2v) is 8.39. The van der Waals surface area contributed by atoms with Gasteiger partial charge in [-0.1, -0.05) is 12.1 Å².